The van der Waals surface area contributed by atoms with E-state index in [0.717, 1.165) is 13.1 Å². The smallest absolute Gasteiger partial charge is 0.113 e. The molecule has 1 aromatic rings. The second-order valence-electron chi connectivity index (χ2n) is 4.14. The number of hydrogen-bond donors (Lipinski definition) is 3. The van der Waals surface area contributed by atoms with Crippen LogP contribution >= 0.6 is 11.3 Å². The van der Waals surface area contributed by atoms with Gasteiger partial charge in [-0.05, 0) is 11.4 Å². The van der Waals surface area contributed by atoms with Gasteiger partial charge < -0.3 is 20.5 Å². The maximum Gasteiger partial charge on any atom is 0.113 e. The van der Waals surface area contributed by atoms with Crippen molar-refractivity contribution in [1.29, 1.82) is 0 Å². The molecule has 1 aliphatic rings. The zero-order valence-corrected chi connectivity index (χ0v) is 10.1. The van der Waals surface area contributed by atoms with Crippen LogP contribution in [0, 0.1) is 0 Å². The lowest BCUT2D eigenvalue weighted by Crippen LogP contribution is -2.49. The Morgan fingerprint density at radius 1 is 1.62 bits per heavy atom. The Balaban J connectivity index is 1.75. The molecule has 1 aromatic heterocycles. The second-order valence-corrected chi connectivity index (χ2v) is 5.17. The number of hydrogen-bond acceptors (Lipinski definition) is 5. The topological polar surface area (TPSA) is 53.5 Å². The van der Waals surface area contributed by atoms with Gasteiger partial charge in [0, 0.05) is 31.1 Å². The summed E-state index contributed by atoms with van der Waals surface area (Å²) in [6, 6.07) is 4.12. The summed E-state index contributed by atoms with van der Waals surface area (Å²) >= 11 is 1.72. The third-order valence-corrected chi connectivity index (χ3v) is 3.46. The summed E-state index contributed by atoms with van der Waals surface area (Å²) in [4.78, 5) is 1.28. The zero-order valence-electron chi connectivity index (χ0n) is 9.24. The van der Waals surface area contributed by atoms with E-state index in [0.29, 0.717) is 26.3 Å². The van der Waals surface area contributed by atoms with Crippen LogP contribution in [0.15, 0.2) is 17.5 Å². The lowest BCUT2D eigenvalue weighted by atomic mass is 10.1. The largest absolute Gasteiger partial charge is 0.385 e. The summed E-state index contributed by atoms with van der Waals surface area (Å²) in [5.74, 6) is 0. The fourth-order valence-electron chi connectivity index (χ4n) is 1.72. The van der Waals surface area contributed by atoms with Crippen molar-refractivity contribution in [1.82, 2.24) is 10.6 Å². The maximum absolute atomic E-state index is 10.2. The molecular formula is C11H18N2O2S. The Morgan fingerprint density at radius 2 is 2.56 bits per heavy atom. The minimum atomic E-state index is -0.784. The highest BCUT2D eigenvalue weighted by Gasteiger charge is 2.28. The van der Waals surface area contributed by atoms with Gasteiger partial charge in [0.15, 0.2) is 0 Å². The number of rotatable bonds is 4. The van der Waals surface area contributed by atoms with Crippen molar-refractivity contribution < 1.29 is 9.84 Å². The normalized spacial score (nSPS) is 26.6. The van der Waals surface area contributed by atoms with E-state index >= 15 is 0 Å². The predicted molar refractivity (Wildman–Crippen MR) is 64.7 cm³/mol. The van der Waals surface area contributed by atoms with Crippen molar-refractivity contribution in [3.63, 3.8) is 0 Å². The van der Waals surface area contributed by atoms with E-state index in [9.17, 15) is 5.11 Å². The quantitative estimate of drug-likeness (QED) is 0.705. The molecule has 90 valence electrons. The Bertz CT molecular complexity index is 295. The first kappa shape index (κ1) is 12.0. The average molecular weight is 242 g/mol. The number of ether oxygens (including phenoxy) is 1. The van der Waals surface area contributed by atoms with Gasteiger partial charge in [-0.15, -0.1) is 11.3 Å². The van der Waals surface area contributed by atoms with Gasteiger partial charge in [-0.1, -0.05) is 6.07 Å². The monoisotopic (exact) mass is 242 g/mol. The zero-order chi connectivity index (χ0) is 11.3. The molecule has 1 atom stereocenters. The van der Waals surface area contributed by atoms with Crippen LogP contribution < -0.4 is 10.6 Å². The summed E-state index contributed by atoms with van der Waals surface area (Å²) in [5.41, 5.74) is -0.784. The Hall–Kier alpha value is -0.460. The van der Waals surface area contributed by atoms with Crippen molar-refractivity contribution in [3.8, 4) is 0 Å². The Morgan fingerprint density at radius 3 is 3.38 bits per heavy atom. The standard InChI is InChI=1S/C11H18N2O2S/c14-11(7-12-3-4-15-9-11)8-13-6-10-2-1-5-16-10/h1-2,5,12-14H,3-4,6-9H2/t11-/m0/s1. The average Bonchev–Trinajstić information content (AvgIpc) is 2.68. The van der Waals surface area contributed by atoms with Crippen LogP contribution in [-0.2, 0) is 11.3 Å². The van der Waals surface area contributed by atoms with E-state index in [1.807, 2.05) is 6.07 Å². The highest BCUT2D eigenvalue weighted by Crippen LogP contribution is 2.09. The molecule has 0 radical (unpaired) electrons. The third-order valence-electron chi connectivity index (χ3n) is 2.58. The number of thiophene rings is 1. The molecule has 0 spiro atoms. The lowest BCUT2D eigenvalue weighted by Gasteiger charge is -2.26. The molecule has 0 unspecified atom stereocenters. The van der Waals surface area contributed by atoms with Gasteiger partial charge in [-0.2, -0.15) is 0 Å². The number of β-amino-alcohol motifs (C(OH)–C–C–N with tert-alkyl or cyclic N) is 1. The van der Waals surface area contributed by atoms with Crippen LogP contribution in [-0.4, -0.2) is 43.6 Å². The van der Waals surface area contributed by atoms with E-state index in [1.165, 1.54) is 4.88 Å². The van der Waals surface area contributed by atoms with Gasteiger partial charge in [0.1, 0.15) is 5.60 Å². The van der Waals surface area contributed by atoms with Gasteiger partial charge in [0.25, 0.3) is 0 Å². The maximum atomic E-state index is 10.2. The van der Waals surface area contributed by atoms with Gasteiger partial charge in [0.2, 0.25) is 0 Å². The van der Waals surface area contributed by atoms with E-state index in [2.05, 4.69) is 22.1 Å². The molecule has 0 aromatic carbocycles. The van der Waals surface area contributed by atoms with E-state index < -0.39 is 5.60 Å². The first-order valence-corrected chi connectivity index (χ1v) is 6.40. The van der Waals surface area contributed by atoms with Crippen molar-refractivity contribution in [3.05, 3.63) is 22.4 Å². The summed E-state index contributed by atoms with van der Waals surface area (Å²) < 4.78 is 5.35. The van der Waals surface area contributed by atoms with Crippen molar-refractivity contribution in [2.75, 3.05) is 32.8 Å². The van der Waals surface area contributed by atoms with Gasteiger partial charge in [-0.3, -0.25) is 0 Å². The molecule has 0 saturated carbocycles. The molecule has 1 saturated heterocycles. The molecule has 0 amide bonds. The molecule has 3 N–H and O–H groups in total. The minimum absolute atomic E-state index is 0.400. The Kier molecular flexibility index (Phi) is 4.31. The van der Waals surface area contributed by atoms with E-state index in [1.54, 1.807) is 11.3 Å². The summed E-state index contributed by atoms with van der Waals surface area (Å²) in [5, 5.41) is 18.7. The minimum Gasteiger partial charge on any atom is -0.385 e. The summed E-state index contributed by atoms with van der Waals surface area (Å²) in [6.07, 6.45) is 0. The predicted octanol–water partition coefficient (Wildman–Crippen LogP) is 0.189. The van der Waals surface area contributed by atoms with Crippen molar-refractivity contribution in [2.45, 2.75) is 12.1 Å². The summed E-state index contributed by atoms with van der Waals surface area (Å²) in [7, 11) is 0. The van der Waals surface area contributed by atoms with E-state index in [-0.39, 0.29) is 0 Å². The van der Waals surface area contributed by atoms with Crippen LogP contribution in [0.25, 0.3) is 0 Å². The molecule has 1 aliphatic heterocycles. The van der Waals surface area contributed by atoms with Crippen LogP contribution in [0.3, 0.4) is 0 Å². The SMILES string of the molecule is O[C@]1(CNCc2cccs2)CNCCOC1. The van der Waals surface area contributed by atoms with E-state index in [4.69, 9.17) is 4.74 Å². The van der Waals surface area contributed by atoms with Crippen LogP contribution in [0.2, 0.25) is 0 Å². The molecule has 16 heavy (non-hydrogen) atoms. The molecule has 2 rings (SSSR count). The highest BCUT2D eigenvalue weighted by molar-refractivity contribution is 7.09. The molecule has 4 nitrogen and oxygen atoms in total. The van der Waals surface area contributed by atoms with Gasteiger partial charge in [0.05, 0.1) is 13.2 Å². The van der Waals surface area contributed by atoms with Crippen molar-refractivity contribution in [2.24, 2.45) is 0 Å². The molecular weight excluding hydrogens is 224 g/mol. The first-order valence-electron chi connectivity index (χ1n) is 5.52. The fraction of sp³-hybridized carbons (Fsp3) is 0.636. The summed E-state index contributed by atoms with van der Waals surface area (Å²) in [6.45, 7) is 3.83. The molecule has 0 bridgehead atoms. The highest BCUT2D eigenvalue weighted by atomic mass is 32.1. The fourth-order valence-corrected chi connectivity index (χ4v) is 2.40. The van der Waals surface area contributed by atoms with Gasteiger partial charge >= 0.3 is 0 Å². The molecule has 1 fully saturated rings. The molecule has 2 heterocycles. The lowest BCUT2D eigenvalue weighted by molar-refractivity contribution is -0.0264. The third kappa shape index (κ3) is 3.54. The molecule has 0 aliphatic carbocycles. The molecule has 5 heteroatoms. The van der Waals surface area contributed by atoms with Crippen LogP contribution in [0.5, 0.6) is 0 Å². The van der Waals surface area contributed by atoms with Crippen LogP contribution in [0.4, 0.5) is 0 Å². The number of aliphatic hydroxyl groups is 1. The van der Waals surface area contributed by atoms with Gasteiger partial charge in [-0.25, -0.2) is 0 Å². The van der Waals surface area contributed by atoms with Crippen LogP contribution in [0.1, 0.15) is 4.88 Å². The number of nitrogens with one attached hydrogen (secondary N) is 2. The Labute approximate surface area is 99.6 Å². The van der Waals surface area contributed by atoms with Crippen molar-refractivity contribution >= 4 is 11.3 Å². The second kappa shape index (κ2) is 5.75. The first-order chi connectivity index (χ1) is 7.79.